The van der Waals surface area contributed by atoms with E-state index in [0.29, 0.717) is 46.1 Å². The molecule has 0 aromatic rings. The summed E-state index contributed by atoms with van der Waals surface area (Å²) in [5, 5.41) is 5.31. The van der Waals surface area contributed by atoms with Crippen LogP contribution in [0.1, 0.15) is 13.3 Å². The number of Topliss-reactive ketones (excluding diaryl/α,β-unsaturated/α-hetero) is 1. The number of hydrogen-bond donors (Lipinski definition) is 2. The summed E-state index contributed by atoms with van der Waals surface area (Å²) < 4.78 is 20.7. The van der Waals surface area contributed by atoms with Crippen molar-refractivity contribution in [3.63, 3.8) is 0 Å². The molecule has 0 spiro atoms. The quantitative estimate of drug-likeness (QED) is 0.244. The smallest absolute Gasteiger partial charge is 0.246 e. The molecule has 0 aliphatic rings. The Morgan fingerprint density at radius 1 is 0.769 bits per heavy atom. The van der Waals surface area contributed by atoms with Gasteiger partial charge >= 0.3 is 0 Å². The van der Waals surface area contributed by atoms with Gasteiger partial charge in [0, 0.05) is 19.5 Å². The maximum absolute atomic E-state index is 11.5. The zero-order valence-electron chi connectivity index (χ0n) is 15.4. The Bertz CT molecular complexity index is 416. The van der Waals surface area contributed by atoms with E-state index in [-0.39, 0.29) is 43.8 Å². The molecule has 0 saturated heterocycles. The third-order valence-electron chi connectivity index (χ3n) is 2.75. The van der Waals surface area contributed by atoms with Crippen LogP contribution in [-0.4, -0.2) is 83.5 Å². The lowest BCUT2D eigenvalue weighted by Gasteiger charge is -2.08. The fraction of sp³-hybridized carbons (Fsp3) is 0.706. The molecule has 2 amide bonds. The van der Waals surface area contributed by atoms with Crippen molar-refractivity contribution in [2.75, 3.05) is 65.9 Å². The zero-order valence-corrected chi connectivity index (χ0v) is 15.4. The molecule has 26 heavy (non-hydrogen) atoms. The van der Waals surface area contributed by atoms with Gasteiger partial charge in [-0.05, 0) is 6.92 Å². The Balaban J connectivity index is 3.26. The molecular weight excluding hydrogens is 344 g/mol. The van der Waals surface area contributed by atoms with E-state index in [4.69, 9.17) is 18.9 Å². The van der Waals surface area contributed by atoms with Crippen LogP contribution >= 0.6 is 0 Å². The Hall–Kier alpha value is -1.81. The average Bonchev–Trinajstić information content (AvgIpc) is 2.59. The maximum Gasteiger partial charge on any atom is 0.246 e. The minimum Gasteiger partial charge on any atom is -0.377 e. The van der Waals surface area contributed by atoms with Crippen LogP contribution in [0.15, 0.2) is 12.7 Å². The summed E-state index contributed by atoms with van der Waals surface area (Å²) in [4.78, 5) is 33.2. The second-order valence-electron chi connectivity index (χ2n) is 5.22. The first-order valence-electron chi connectivity index (χ1n) is 8.51. The molecule has 0 aliphatic carbocycles. The Labute approximate surface area is 154 Å². The lowest BCUT2D eigenvalue weighted by molar-refractivity contribution is -0.127. The summed E-state index contributed by atoms with van der Waals surface area (Å²) in [6.07, 6.45) is 1.82. The highest BCUT2D eigenvalue weighted by atomic mass is 16.5. The normalized spacial score (nSPS) is 10.3. The van der Waals surface area contributed by atoms with Crippen molar-refractivity contribution in [3.8, 4) is 0 Å². The second kappa shape index (κ2) is 18.0. The van der Waals surface area contributed by atoms with E-state index in [1.807, 2.05) is 0 Å². The van der Waals surface area contributed by atoms with Gasteiger partial charge < -0.3 is 29.6 Å². The molecule has 0 bridgehead atoms. The van der Waals surface area contributed by atoms with Gasteiger partial charge in [-0.3, -0.25) is 14.4 Å². The van der Waals surface area contributed by atoms with Gasteiger partial charge in [0.15, 0.2) is 5.78 Å². The summed E-state index contributed by atoms with van der Waals surface area (Å²) in [5.41, 5.74) is 0. The molecule has 0 saturated carbocycles. The molecule has 0 aliphatic heterocycles. The van der Waals surface area contributed by atoms with Crippen molar-refractivity contribution in [1.29, 1.82) is 0 Å². The fourth-order valence-corrected chi connectivity index (χ4v) is 1.60. The van der Waals surface area contributed by atoms with Crippen LogP contribution in [0.2, 0.25) is 0 Å². The molecule has 0 heterocycles. The van der Waals surface area contributed by atoms with Crippen LogP contribution in [0.4, 0.5) is 0 Å². The van der Waals surface area contributed by atoms with E-state index in [9.17, 15) is 14.4 Å². The molecule has 0 radical (unpaired) electrons. The van der Waals surface area contributed by atoms with E-state index in [2.05, 4.69) is 17.2 Å². The van der Waals surface area contributed by atoms with Gasteiger partial charge in [0.2, 0.25) is 11.8 Å². The van der Waals surface area contributed by atoms with Crippen molar-refractivity contribution in [2.24, 2.45) is 0 Å². The van der Waals surface area contributed by atoms with Gasteiger partial charge in [-0.15, -0.1) is 6.58 Å². The number of rotatable bonds is 18. The molecule has 0 unspecified atom stereocenters. The van der Waals surface area contributed by atoms with Crippen LogP contribution in [0.3, 0.4) is 0 Å². The van der Waals surface area contributed by atoms with E-state index in [1.54, 1.807) is 0 Å². The predicted molar refractivity (Wildman–Crippen MR) is 94.8 cm³/mol. The first kappa shape index (κ1) is 24.2. The molecule has 2 N–H and O–H groups in total. The van der Waals surface area contributed by atoms with E-state index in [0.717, 1.165) is 0 Å². The first-order chi connectivity index (χ1) is 12.6. The summed E-state index contributed by atoms with van der Waals surface area (Å²) in [5.74, 6) is -0.361. The molecule has 0 fully saturated rings. The van der Waals surface area contributed by atoms with Crippen molar-refractivity contribution < 1.29 is 33.3 Å². The summed E-state index contributed by atoms with van der Waals surface area (Å²) in [6.45, 7) is 7.83. The van der Waals surface area contributed by atoms with Gasteiger partial charge in [-0.2, -0.15) is 0 Å². The largest absolute Gasteiger partial charge is 0.377 e. The summed E-state index contributed by atoms with van der Waals surface area (Å²) >= 11 is 0. The van der Waals surface area contributed by atoms with Crippen LogP contribution in [0, 0.1) is 0 Å². The van der Waals surface area contributed by atoms with Crippen LogP contribution in [0.5, 0.6) is 0 Å². The van der Waals surface area contributed by atoms with Gasteiger partial charge in [0.25, 0.3) is 0 Å². The van der Waals surface area contributed by atoms with Crippen molar-refractivity contribution in [2.45, 2.75) is 13.3 Å². The SMILES string of the molecule is C=CCC(=O)NCCOCCOCC(=O)NCCOCCOCC(C)=O. The predicted octanol–water partition coefficient (Wildman–Crippen LogP) is -0.550. The minimum atomic E-state index is -0.238. The molecular formula is C17H30N2O7. The maximum atomic E-state index is 11.5. The molecule has 0 rings (SSSR count). The van der Waals surface area contributed by atoms with Crippen molar-refractivity contribution in [1.82, 2.24) is 10.6 Å². The van der Waals surface area contributed by atoms with Crippen LogP contribution < -0.4 is 10.6 Å². The standard InChI is InChI=1S/C17H30N2O7/c1-3-4-16(21)18-5-7-23-10-12-26-14-17(22)19-6-8-24-9-11-25-13-15(2)20/h3H,1,4-14H2,2H3,(H,18,21)(H,19,22). The summed E-state index contributed by atoms with van der Waals surface area (Å²) in [6, 6.07) is 0. The van der Waals surface area contributed by atoms with Gasteiger partial charge in [-0.1, -0.05) is 6.08 Å². The number of amides is 2. The number of ketones is 1. The molecule has 9 heteroatoms. The first-order valence-corrected chi connectivity index (χ1v) is 8.51. The molecule has 0 aromatic heterocycles. The number of nitrogens with one attached hydrogen (secondary N) is 2. The number of carbonyl (C=O) groups excluding carboxylic acids is 3. The Morgan fingerprint density at radius 2 is 1.27 bits per heavy atom. The lowest BCUT2D eigenvalue weighted by atomic mass is 10.4. The van der Waals surface area contributed by atoms with Gasteiger partial charge in [-0.25, -0.2) is 0 Å². The van der Waals surface area contributed by atoms with Gasteiger partial charge in [0.05, 0.1) is 39.6 Å². The second-order valence-corrected chi connectivity index (χ2v) is 5.22. The number of carbonyl (C=O) groups is 3. The summed E-state index contributed by atoms with van der Waals surface area (Å²) in [7, 11) is 0. The number of ether oxygens (including phenoxy) is 4. The monoisotopic (exact) mass is 374 g/mol. The minimum absolute atomic E-state index is 0.0297. The van der Waals surface area contributed by atoms with E-state index < -0.39 is 0 Å². The third kappa shape index (κ3) is 18.5. The Kier molecular flexibility index (Phi) is 16.7. The highest BCUT2D eigenvalue weighted by Crippen LogP contribution is 1.83. The van der Waals surface area contributed by atoms with E-state index >= 15 is 0 Å². The molecule has 150 valence electrons. The molecule has 0 aromatic carbocycles. The van der Waals surface area contributed by atoms with Crippen molar-refractivity contribution in [3.05, 3.63) is 12.7 Å². The molecule has 0 atom stereocenters. The van der Waals surface area contributed by atoms with E-state index in [1.165, 1.54) is 13.0 Å². The number of hydrogen-bond acceptors (Lipinski definition) is 7. The third-order valence-corrected chi connectivity index (χ3v) is 2.75. The molecule has 9 nitrogen and oxygen atoms in total. The topological polar surface area (TPSA) is 112 Å². The highest BCUT2D eigenvalue weighted by Gasteiger charge is 2.01. The van der Waals surface area contributed by atoms with Crippen molar-refractivity contribution >= 4 is 17.6 Å². The lowest BCUT2D eigenvalue weighted by Crippen LogP contribution is -2.31. The van der Waals surface area contributed by atoms with Crippen LogP contribution in [-0.2, 0) is 33.3 Å². The highest BCUT2D eigenvalue weighted by molar-refractivity contribution is 5.77. The Morgan fingerprint density at radius 3 is 1.81 bits per heavy atom. The van der Waals surface area contributed by atoms with Gasteiger partial charge in [0.1, 0.15) is 13.2 Å². The fourth-order valence-electron chi connectivity index (χ4n) is 1.60. The van der Waals surface area contributed by atoms with Crippen LogP contribution in [0.25, 0.3) is 0 Å². The zero-order chi connectivity index (χ0) is 19.5. The average molecular weight is 374 g/mol.